The molecule has 4 saturated carbocycles. The average molecular weight is 1290 g/mol. The van der Waals surface area contributed by atoms with E-state index in [-0.39, 0.29) is 30.1 Å². The molecule has 0 radical (unpaired) electrons. The van der Waals surface area contributed by atoms with Crippen LogP contribution in [-0.2, 0) is 90.2 Å². The molecule has 0 aromatic heterocycles. The van der Waals surface area contributed by atoms with Gasteiger partial charge in [-0.25, -0.2) is 4.79 Å². The third kappa shape index (κ3) is 13.9. The predicted octanol–water partition coefficient (Wildman–Crippen LogP) is 3.42. The van der Waals surface area contributed by atoms with Crippen molar-refractivity contribution >= 4 is 23.8 Å². The van der Waals surface area contributed by atoms with E-state index in [9.17, 15) is 45.0 Å². The van der Waals surface area contributed by atoms with Gasteiger partial charge in [-0.05, 0) is 108 Å². The molecule has 26 unspecified atom stereocenters. The maximum absolute atomic E-state index is 13.9. The molecule has 25 nitrogen and oxygen atoms in total. The van der Waals surface area contributed by atoms with Gasteiger partial charge < -0.3 is 106 Å². The summed E-state index contributed by atoms with van der Waals surface area (Å²) in [6.07, 6.45) is -14.7. The molecule has 1 aromatic rings. The molecular weight excluding hydrogens is 1190 g/mol. The summed E-state index contributed by atoms with van der Waals surface area (Å²) in [5.41, 5.74) is -2.28. The van der Waals surface area contributed by atoms with Crippen molar-refractivity contribution in [1.82, 2.24) is 0 Å². The van der Waals surface area contributed by atoms with E-state index in [1.807, 2.05) is 51.1 Å². The molecule has 25 heteroatoms. The van der Waals surface area contributed by atoms with Crippen LogP contribution < -0.4 is 0 Å². The first-order chi connectivity index (χ1) is 43.3. The number of benzene rings is 1. The molecule has 32 atom stereocenters. The lowest BCUT2D eigenvalue weighted by atomic mass is 9.41. The number of carbonyl (C=O) groups is 3. The van der Waals surface area contributed by atoms with Crippen LogP contribution in [0.15, 0.2) is 36.4 Å². The number of aliphatic hydroxyl groups excluding tert-OH is 5. The van der Waals surface area contributed by atoms with E-state index in [0.717, 1.165) is 12.0 Å². The lowest BCUT2D eigenvalue weighted by Gasteiger charge is -2.66. The molecule has 9 fully saturated rings. The largest absolute Gasteiger partial charge is 0.458 e. The Hall–Kier alpha value is -3.23. The number of esters is 2. The van der Waals surface area contributed by atoms with Crippen LogP contribution in [0.2, 0.25) is 0 Å². The maximum atomic E-state index is 13.9. The molecule has 9 aliphatic rings. The summed E-state index contributed by atoms with van der Waals surface area (Å²) in [5, 5.41) is 65.8. The summed E-state index contributed by atoms with van der Waals surface area (Å²) < 4.78 is 101. The molecule has 0 amide bonds. The number of aliphatic hydroxyl groups is 6. The Morgan fingerprint density at radius 2 is 1.13 bits per heavy atom. The van der Waals surface area contributed by atoms with E-state index in [1.165, 1.54) is 34.1 Å². The number of ketones is 1. The van der Waals surface area contributed by atoms with Gasteiger partial charge in [-0.15, -0.1) is 0 Å². The number of Topliss-reactive ketones (excluding diaryl/α,β-unsaturated/α-hetero) is 1. The van der Waals surface area contributed by atoms with Gasteiger partial charge >= 0.3 is 11.9 Å². The van der Waals surface area contributed by atoms with Gasteiger partial charge in [0.2, 0.25) is 0 Å². The van der Waals surface area contributed by atoms with Crippen molar-refractivity contribution in [2.75, 3.05) is 35.0 Å². The second-order valence-electron chi connectivity index (χ2n) is 27.4. The van der Waals surface area contributed by atoms with Crippen molar-refractivity contribution in [3.63, 3.8) is 0 Å². The van der Waals surface area contributed by atoms with Gasteiger partial charge in [-0.2, -0.15) is 0 Å². The molecule has 514 valence electrons. The van der Waals surface area contributed by atoms with E-state index in [0.29, 0.717) is 51.4 Å². The van der Waals surface area contributed by atoms with Crippen molar-refractivity contribution in [3.8, 4) is 0 Å². The molecule has 0 bridgehead atoms. The van der Waals surface area contributed by atoms with E-state index in [4.69, 9.17) is 75.8 Å². The van der Waals surface area contributed by atoms with Crippen molar-refractivity contribution < 1.29 is 121 Å². The standard InChI is InChI=1S/C66H100O25/c1-31(68)40-23-25-66(75)41-20-19-38-26-39(22-24-64(38,7)50(41)59(84-36(6)69)61(65(40,66)8)87-46(70)21-18-37-16-14-13-15-17-37)85-47-27-42(76-9)55(32(2)80-47)88-48-28-43(77-10)56(33(3)81-48)89-49-29-44(78-11)57(34(4)82-49)90-63-54(74)60(79-12)58(35(5)83-63)91-62-53(73)52(72)51(71)45(30-67)86-62/h13-18,21,32-35,38-45,47-63,67,71-75H,19-20,22-30H2,1-12H3/b21-18+/t32?,33?,34?,35?,38?,39-,40?,41?,42?,43?,44?,45?,47?,48?,49?,50?,51?,52?,53?,54?,55?,56?,57?,58?,59-,60?,61+,62?,63?,64-,65-,66-/m0/s1. The zero-order valence-electron chi connectivity index (χ0n) is 54.5. The summed E-state index contributed by atoms with van der Waals surface area (Å²) in [5.74, 6) is -2.54. The number of ether oxygens (including phenoxy) is 16. The third-order valence-electron chi connectivity index (χ3n) is 22.3. The van der Waals surface area contributed by atoms with Gasteiger partial charge in [0, 0.05) is 78.0 Å². The van der Waals surface area contributed by atoms with Crippen LogP contribution in [0, 0.1) is 34.5 Å². The molecule has 5 aliphatic heterocycles. The Bertz CT molecular complexity index is 2620. The van der Waals surface area contributed by atoms with Crippen LogP contribution in [0.1, 0.15) is 125 Å². The topological polar surface area (TPSA) is 320 Å². The van der Waals surface area contributed by atoms with Crippen molar-refractivity contribution in [2.24, 2.45) is 34.5 Å². The molecule has 5 heterocycles. The van der Waals surface area contributed by atoms with Crippen molar-refractivity contribution in [3.05, 3.63) is 42.0 Å². The predicted molar refractivity (Wildman–Crippen MR) is 318 cm³/mol. The van der Waals surface area contributed by atoms with Gasteiger partial charge in [0.05, 0.1) is 61.0 Å². The Morgan fingerprint density at radius 3 is 1.68 bits per heavy atom. The molecule has 91 heavy (non-hydrogen) atoms. The van der Waals surface area contributed by atoms with Gasteiger partial charge in [0.25, 0.3) is 0 Å². The Morgan fingerprint density at radius 1 is 0.582 bits per heavy atom. The zero-order chi connectivity index (χ0) is 65.6. The summed E-state index contributed by atoms with van der Waals surface area (Å²) in [4.78, 5) is 40.7. The summed E-state index contributed by atoms with van der Waals surface area (Å²) >= 11 is 0. The highest BCUT2D eigenvalue weighted by atomic mass is 16.8. The number of methoxy groups -OCH3 is 4. The highest BCUT2D eigenvalue weighted by Crippen LogP contribution is 2.70. The number of hydrogen-bond acceptors (Lipinski definition) is 25. The van der Waals surface area contributed by atoms with E-state index in [2.05, 4.69) is 6.92 Å². The fourth-order valence-corrected chi connectivity index (χ4v) is 17.5. The van der Waals surface area contributed by atoms with Crippen molar-refractivity contribution in [1.29, 1.82) is 0 Å². The molecule has 4 aliphatic carbocycles. The quantitative estimate of drug-likeness (QED) is 0.0619. The molecule has 5 saturated heterocycles. The molecular formula is C66H100O25. The number of rotatable bonds is 20. The minimum Gasteiger partial charge on any atom is -0.458 e. The smallest absolute Gasteiger partial charge is 0.331 e. The highest BCUT2D eigenvalue weighted by molar-refractivity contribution is 5.87. The van der Waals surface area contributed by atoms with Crippen molar-refractivity contribution in [2.45, 2.75) is 279 Å². The molecule has 1 aromatic carbocycles. The minimum absolute atomic E-state index is 0.0860. The summed E-state index contributed by atoms with van der Waals surface area (Å²) in [6, 6.07) is 9.35. The van der Waals surface area contributed by atoms with Crippen LogP contribution in [0.5, 0.6) is 0 Å². The monoisotopic (exact) mass is 1290 g/mol. The van der Waals surface area contributed by atoms with Crippen LogP contribution in [0.4, 0.5) is 0 Å². The van der Waals surface area contributed by atoms with Gasteiger partial charge in [0.1, 0.15) is 79.0 Å². The Labute approximate surface area is 533 Å². The lowest BCUT2D eigenvalue weighted by Crippen LogP contribution is -2.73. The first-order valence-electron chi connectivity index (χ1n) is 32.6. The highest BCUT2D eigenvalue weighted by Gasteiger charge is 2.76. The van der Waals surface area contributed by atoms with Crippen LogP contribution in [0.25, 0.3) is 6.08 Å². The van der Waals surface area contributed by atoms with Crippen LogP contribution >= 0.6 is 0 Å². The Kier molecular flexibility index (Phi) is 22.7. The SMILES string of the molecule is COC1CC(O[C@H]2CC[C@@]3(C)C(CCC4C3[C@H](OC(C)=O)[C@@H](OC(=O)/C=C/c3ccccc3)[C@]3(C)C(C(C)=O)CC[C@]43O)C2)OC(C)C1OC1CC(OC)C(OC2CC(OC)C(OC3OC(C)C(OC4OC(CO)C(O)C(O)C4O)C(OC)C3O)C(C)O2)C(C)O1. The lowest BCUT2D eigenvalue weighted by molar-refractivity contribution is -0.374. The number of hydrogen-bond donors (Lipinski definition) is 6. The normalized spacial score (nSPS) is 48.4. The minimum atomic E-state index is -1.68. The second kappa shape index (κ2) is 29.2. The number of carbonyl (C=O) groups excluding carboxylic acids is 3. The molecule has 6 N–H and O–H groups in total. The summed E-state index contributed by atoms with van der Waals surface area (Å²) in [6.45, 7) is 13.6. The first kappa shape index (κ1) is 70.6. The molecule has 10 rings (SSSR count). The fraction of sp³-hybridized carbons (Fsp3) is 0.833. The third-order valence-corrected chi connectivity index (χ3v) is 22.3. The van der Waals surface area contributed by atoms with Gasteiger partial charge in [-0.1, -0.05) is 44.2 Å². The van der Waals surface area contributed by atoms with E-state index < -0.39 is 194 Å². The van der Waals surface area contributed by atoms with E-state index >= 15 is 0 Å². The second-order valence-corrected chi connectivity index (χ2v) is 27.4. The van der Waals surface area contributed by atoms with E-state index in [1.54, 1.807) is 34.1 Å². The maximum Gasteiger partial charge on any atom is 0.331 e. The molecule has 0 spiro atoms. The van der Waals surface area contributed by atoms with Crippen LogP contribution in [-0.4, -0.2) is 243 Å². The average Bonchev–Trinajstić information content (AvgIpc) is 1.64. The van der Waals surface area contributed by atoms with Gasteiger partial charge in [-0.3, -0.25) is 9.59 Å². The zero-order valence-corrected chi connectivity index (χ0v) is 54.5. The fourth-order valence-electron chi connectivity index (χ4n) is 17.5. The summed E-state index contributed by atoms with van der Waals surface area (Å²) in [7, 11) is 6.14. The first-order valence-corrected chi connectivity index (χ1v) is 32.6. The number of fused-ring (bicyclic) bond motifs is 5. The van der Waals surface area contributed by atoms with Gasteiger partial charge in [0.15, 0.2) is 31.5 Å². The Balaban J connectivity index is 0.734. The van der Waals surface area contributed by atoms with Crippen LogP contribution in [0.3, 0.4) is 0 Å².